The van der Waals surface area contributed by atoms with Crippen LogP contribution in [0.2, 0.25) is 0 Å². The fourth-order valence-corrected chi connectivity index (χ4v) is 1.68. The van der Waals surface area contributed by atoms with Crippen molar-refractivity contribution in [1.82, 2.24) is 4.98 Å². The summed E-state index contributed by atoms with van der Waals surface area (Å²) in [7, 11) is 1.40. The van der Waals surface area contributed by atoms with Gasteiger partial charge in [-0.05, 0) is 18.2 Å². The lowest BCUT2D eigenvalue weighted by Gasteiger charge is -2.12. The molecular weight excluding hydrogens is 276 g/mol. The third-order valence-electron chi connectivity index (χ3n) is 2.63. The van der Waals surface area contributed by atoms with Crippen LogP contribution in [0.4, 0.5) is 0 Å². The lowest BCUT2D eigenvalue weighted by Crippen LogP contribution is -2.12. The molecule has 108 valence electrons. The first-order valence-electron chi connectivity index (χ1n) is 5.87. The first-order valence-corrected chi connectivity index (χ1v) is 5.87. The second kappa shape index (κ2) is 5.91. The van der Waals surface area contributed by atoms with Gasteiger partial charge in [0.15, 0.2) is 11.5 Å². The third kappa shape index (κ3) is 3.08. The number of carboxylic acids is 1. The highest BCUT2D eigenvalue weighted by Gasteiger charge is 2.17. The molecule has 0 fully saturated rings. The Labute approximate surface area is 119 Å². The lowest BCUT2D eigenvalue weighted by atomic mass is 10.2. The maximum absolute atomic E-state index is 11.2. The van der Waals surface area contributed by atoms with Crippen molar-refractivity contribution >= 4 is 11.9 Å². The highest BCUT2D eigenvalue weighted by molar-refractivity contribution is 5.92. The SMILES string of the molecule is COc1cccc(C(=O)O)c1Oc1ccnc(C(N)=O)c1. The number of methoxy groups -OCH3 is 1. The van der Waals surface area contributed by atoms with Crippen molar-refractivity contribution in [3.05, 3.63) is 47.8 Å². The quantitative estimate of drug-likeness (QED) is 0.865. The molecule has 1 aromatic heterocycles. The van der Waals surface area contributed by atoms with E-state index in [-0.39, 0.29) is 28.5 Å². The van der Waals surface area contributed by atoms with Crippen LogP contribution in [0.3, 0.4) is 0 Å². The van der Waals surface area contributed by atoms with E-state index in [0.29, 0.717) is 0 Å². The van der Waals surface area contributed by atoms with E-state index in [4.69, 9.17) is 15.2 Å². The van der Waals surface area contributed by atoms with Gasteiger partial charge in [-0.25, -0.2) is 4.79 Å². The Morgan fingerprint density at radius 2 is 2.05 bits per heavy atom. The number of aromatic carboxylic acids is 1. The molecule has 0 saturated carbocycles. The molecule has 7 nitrogen and oxygen atoms in total. The number of amides is 1. The van der Waals surface area contributed by atoms with E-state index in [2.05, 4.69) is 4.98 Å². The maximum atomic E-state index is 11.2. The van der Waals surface area contributed by atoms with Crippen LogP contribution in [0.1, 0.15) is 20.8 Å². The summed E-state index contributed by atoms with van der Waals surface area (Å²) in [5.74, 6) is -1.35. The summed E-state index contributed by atoms with van der Waals surface area (Å²) in [6, 6.07) is 7.29. The topological polar surface area (TPSA) is 112 Å². The van der Waals surface area contributed by atoms with Gasteiger partial charge in [-0.3, -0.25) is 9.78 Å². The largest absolute Gasteiger partial charge is 0.493 e. The molecule has 21 heavy (non-hydrogen) atoms. The number of rotatable bonds is 5. The molecule has 3 N–H and O–H groups in total. The zero-order valence-corrected chi connectivity index (χ0v) is 11.1. The predicted octanol–water partition coefficient (Wildman–Crippen LogP) is 1.68. The number of carboxylic acid groups (broad SMARTS) is 1. The Hall–Kier alpha value is -3.09. The second-order valence-electron chi connectivity index (χ2n) is 3.99. The number of para-hydroxylation sites is 1. The van der Waals surface area contributed by atoms with Crippen LogP contribution in [-0.4, -0.2) is 29.1 Å². The van der Waals surface area contributed by atoms with Crippen molar-refractivity contribution in [2.24, 2.45) is 5.73 Å². The Bertz CT molecular complexity index is 700. The van der Waals surface area contributed by atoms with E-state index in [1.165, 1.54) is 37.6 Å². The van der Waals surface area contributed by atoms with Gasteiger partial charge in [0, 0.05) is 12.3 Å². The first-order chi connectivity index (χ1) is 10.0. The van der Waals surface area contributed by atoms with Gasteiger partial charge in [0.25, 0.3) is 5.91 Å². The summed E-state index contributed by atoms with van der Waals surface area (Å²) in [6.45, 7) is 0. The van der Waals surface area contributed by atoms with E-state index in [0.717, 1.165) is 0 Å². The predicted molar refractivity (Wildman–Crippen MR) is 72.8 cm³/mol. The van der Waals surface area contributed by atoms with E-state index in [1.807, 2.05) is 0 Å². The lowest BCUT2D eigenvalue weighted by molar-refractivity contribution is 0.0693. The number of hydrogen-bond acceptors (Lipinski definition) is 5. The van der Waals surface area contributed by atoms with Crippen LogP contribution in [0.15, 0.2) is 36.5 Å². The molecule has 0 aliphatic carbocycles. The van der Waals surface area contributed by atoms with Crippen molar-refractivity contribution in [1.29, 1.82) is 0 Å². The maximum Gasteiger partial charge on any atom is 0.339 e. The molecule has 0 saturated heterocycles. The van der Waals surface area contributed by atoms with Gasteiger partial charge in [-0.15, -0.1) is 0 Å². The Balaban J connectivity index is 2.45. The molecule has 2 aromatic rings. The molecule has 7 heteroatoms. The number of primary amides is 1. The number of nitrogens with two attached hydrogens (primary N) is 1. The van der Waals surface area contributed by atoms with Crippen LogP contribution in [0, 0.1) is 0 Å². The molecule has 0 spiro atoms. The molecule has 2 rings (SSSR count). The van der Waals surface area contributed by atoms with Crippen molar-refractivity contribution in [2.45, 2.75) is 0 Å². The van der Waals surface area contributed by atoms with Crippen LogP contribution < -0.4 is 15.2 Å². The standard InChI is InChI=1S/C14H12N2O5/c1-20-11-4-2-3-9(14(18)19)12(11)21-8-5-6-16-10(7-8)13(15)17/h2-7H,1H3,(H2,15,17)(H,18,19). The fraction of sp³-hybridized carbons (Fsp3) is 0.0714. The molecule has 1 aromatic carbocycles. The first kappa shape index (κ1) is 14.3. The van der Waals surface area contributed by atoms with E-state index in [1.54, 1.807) is 6.07 Å². The van der Waals surface area contributed by atoms with Gasteiger partial charge in [-0.2, -0.15) is 0 Å². The smallest absolute Gasteiger partial charge is 0.339 e. The minimum absolute atomic E-state index is 0.0132. The molecular formula is C14H12N2O5. The summed E-state index contributed by atoms with van der Waals surface area (Å²) in [4.78, 5) is 26.1. The van der Waals surface area contributed by atoms with Gasteiger partial charge < -0.3 is 20.3 Å². The van der Waals surface area contributed by atoms with E-state index < -0.39 is 11.9 Å². The van der Waals surface area contributed by atoms with Crippen molar-refractivity contribution in [3.63, 3.8) is 0 Å². The minimum atomic E-state index is -1.16. The Morgan fingerprint density at radius 3 is 2.67 bits per heavy atom. The van der Waals surface area contributed by atoms with E-state index >= 15 is 0 Å². The molecule has 0 atom stereocenters. The molecule has 0 aliphatic rings. The van der Waals surface area contributed by atoms with Crippen LogP contribution in [-0.2, 0) is 0 Å². The number of ether oxygens (including phenoxy) is 2. The summed E-state index contributed by atoms with van der Waals surface area (Å²) < 4.78 is 10.6. The molecule has 0 aliphatic heterocycles. The number of hydrogen-bond donors (Lipinski definition) is 2. The molecule has 1 heterocycles. The molecule has 0 unspecified atom stereocenters. The van der Waals surface area contributed by atoms with Gasteiger partial charge in [0.05, 0.1) is 7.11 Å². The van der Waals surface area contributed by atoms with Gasteiger partial charge >= 0.3 is 5.97 Å². The monoisotopic (exact) mass is 288 g/mol. The van der Waals surface area contributed by atoms with E-state index in [9.17, 15) is 14.7 Å². The summed E-state index contributed by atoms with van der Waals surface area (Å²) in [5, 5.41) is 9.18. The number of nitrogens with zero attached hydrogens (tertiary/aromatic N) is 1. The van der Waals surface area contributed by atoms with Crippen LogP contribution >= 0.6 is 0 Å². The number of aromatic nitrogens is 1. The Kier molecular flexibility index (Phi) is 4.03. The third-order valence-corrected chi connectivity index (χ3v) is 2.63. The molecule has 0 bridgehead atoms. The number of benzene rings is 1. The zero-order valence-electron chi connectivity index (χ0n) is 11.1. The average molecular weight is 288 g/mol. The van der Waals surface area contributed by atoms with Gasteiger partial charge in [-0.1, -0.05) is 6.07 Å². The van der Waals surface area contributed by atoms with Crippen LogP contribution in [0.5, 0.6) is 17.2 Å². The molecule has 1 amide bonds. The summed E-state index contributed by atoms with van der Waals surface area (Å²) in [6.07, 6.45) is 1.34. The highest BCUT2D eigenvalue weighted by Crippen LogP contribution is 2.35. The zero-order chi connectivity index (χ0) is 15.4. The minimum Gasteiger partial charge on any atom is -0.493 e. The van der Waals surface area contributed by atoms with Crippen molar-refractivity contribution in [3.8, 4) is 17.2 Å². The highest BCUT2D eigenvalue weighted by atomic mass is 16.5. The fourth-order valence-electron chi connectivity index (χ4n) is 1.68. The van der Waals surface area contributed by atoms with Crippen LogP contribution in [0.25, 0.3) is 0 Å². The number of carbonyl (C=O) groups is 2. The van der Waals surface area contributed by atoms with Gasteiger partial charge in [0.2, 0.25) is 0 Å². The van der Waals surface area contributed by atoms with Crippen molar-refractivity contribution < 1.29 is 24.2 Å². The number of carbonyl (C=O) groups excluding carboxylic acids is 1. The second-order valence-corrected chi connectivity index (χ2v) is 3.99. The average Bonchev–Trinajstić information content (AvgIpc) is 2.47. The normalized spacial score (nSPS) is 9.95. The summed E-state index contributed by atoms with van der Waals surface area (Å²) in [5.41, 5.74) is 5.08. The summed E-state index contributed by atoms with van der Waals surface area (Å²) >= 11 is 0. The number of pyridine rings is 1. The molecule has 0 radical (unpaired) electrons. The van der Waals surface area contributed by atoms with Crippen molar-refractivity contribution in [2.75, 3.05) is 7.11 Å². The Morgan fingerprint density at radius 1 is 1.29 bits per heavy atom. The van der Waals surface area contributed by atoms with Gasteiger partial charge in [0.1, 0.15) is 17.0 Å².